The third-order valence-corrected chi connectivity index (χ3v) is 2.06. The van der Waals surface area contributed by atoms with Crippen molar-refractivity contribution in [2.24, 2.45) is 0 Å². The molecule has 3 N–H and O–H groups in total. The van der Waals surface area contributed by atoms with Crippen molar-refractivity contribution in [2.75, 3.05) is 37.3 Å². The van der Waals surface area contributed by atoms with Gasteiger partial charge in [0.05, 0.1) is 0 Å². The van der Waals surface area contributed by atoms with Crippen LogP contribution in [0.5, 0.6) is 0 Å². The fraction of sp³-hybridized carbons (Fsp3) is 0.667. The number of aromatic nitrogens is 3. The van der Waals surface area contributed by atoms with E-state index in [1.807, 2.05) is 0 Å². The molecule has 0 amide bonds. The highest BCUT2D eigenvalue weighted by atomic mass is 35.5. The van der Waals surface area contributed by atoms with Gasteiger partial charge in [0.25, 0.3) is 0 Å². The standard InChI is InChI=1S/C9H17ClN6/c1-3-12-5-4-6-13-9-15-7(10)14-8(11-2)16-9/h12H,3-6H2,1-2H3,(H2,11,13,14,15,16). The second-order valence-corrected chi connectivity index (χ2v) is 3.47. The third-order valence-electron chi connectivity index (χ3n) is 1.90. The first kappa shape index (κ1) is 12.9. The van der Waals surface area contributed by atoms with Gasteiger partial charge in [0.1, 0.15) is 0 Å². The van der Waals surface area contributed by atoms with Gasteiger partial charge in [0.2, 0.25) is 17.2 Å². The number of halogens is 1. The van der Waals surface area contributed by atoms with Crippen LogP contribution < -0.4 is 16.0 Å². The molecule has 1 rings (SSSR count). The lowest BCUT2D eigenvalue weighted by Gasteiger charge is -2.06. The van der Waals surface area contributed by atoms with Gasteiger partial charge in [0, 0.05) is 13.6 Å². The molecular formula is C9H17ClN6. The molecule has 0 atom stereocenters. The van der Waals surface area contributed by atoms with Gasteiger partial charge in [0.15, 0.2) is 0 Å². The molecule has 0 spiro atoms. The van der Waals surface area contributed by atoms with Crippen molar-refractivity contribution in [3.8, 4) is 0 Å². The van der Waals surface area contributed by atoms with Gasteiger partial charge in [-0.3, -0.25) is 0 Å². The summed E-state index contributed by atoms with van der Waals surface area (Å²) in [5, 5.41) is 9.34. The van der Waals surface area contributed by atoms with Crippen molar-refractivity contribution in [3.05, 3.63) is 5.28 Å². The lowest BCUT2D eigenvalue weighted by Crippen LogP contribution is -2.18. The topological polar surface area (TPSA) is 74.8 Å². The third kappa shape index (κ3) is 4.59. The highest BCUT2D eigenvalue weighted by molar-refractivity contribution is 6.28. The monoisotopic (exact) mass is 244 g/mol. The van der Waals surface area contributed by atoms with Crippen LogP contribution >= 0.6 is 11.6 Å². The molecule has 6 nitrogen and oxygen atoms in total. The van der Waals surface area contributed by atoms with Crippen molar-refractivity contribution < 1.29 is 0 Å². The summed E-state index contributed by atoms with van der Waals surface area (Å²) in [6, 6.07) is 0. The van der Waals surface area contributed by atoms with Crippen LogP contribution in [0.25, 0.3) is 0 Å². The Morgan fingerprint density at radius 3 is 2.56 bits per heavy atom. The van der Waals surface area contributed by atoms with Crippen LogP contribution in [0.3, 0.4) is 0 Å². The van der Waals surface area contributed by atoms with E-state index in [2.05, 4.69) is 37.8 Å². The Hall–Kier alpha value is -1.14. The quantitative estimate of drug-likeness (QED) is 0.621. The van der Waals surface area contributed by atoms with Gasteiger partial charge >= 0.3 is 0 Å². The molecule has 0 bridgehead atoms. The number of rotatable bonds is 7. The average Bonchev–Trinajstić information content (AvgIpc) is 2.28. The number of nitrogens with zero attached hydrogens (tertiary/aromatic N) is 3. The van der Waals surface area contributed by atoms with Crippen molar-refractivity contribution >= 4 is 23.5 Å². The maximum atomic E-state index is 5.74. The van der Waals surface area contributed by atoms with E-state index in [4.69, 9.17) is 11.6 Å². The molecule has 1 aromatic heterocycles. The van der Waals surface area contributed by atoms with Gasteiger partial charge in [-0.05, 0) is 31.1 Å². The van der Waals surface area contributed by atoms with E-state index in [9.17, 15) is 0 Å². The number of anilines is 2. The van der Waals surface area contributed by atoms with E-state index in [-0.39, 0.29) is 5.28 Å². The summed E-state index contributed by atoms with van der Waals surface area (Å²) in [5.41, 5.74) is 0. The molecule has 0 unspecified atom stereocenters. The number of hydrogen-bond acceptors (Lipinski definition) is 6. The molecule has 0 radical (unpaired) electrons. The van der Waals surface area contributed by atoms with Crippen LogP contribution in [0.2, 0.25) is 5.28 Å². The van der Waals surface area contributed by atoms with Crippen molar-refractivity contribution in [1.29, 1.82) is 0 Å². The molecule has 0 aromatic carbocycles. The summed E-state index contributed by atoms with van der Waals surface area (Å²) in [4.78, 5) is 12.0. The first-order valence-electron chi connectivity index (χ1n) is 5.30. The van der Waals surface area contributed by atoms with Crippen LogP contribution in [-0.2, 0) is 0 Å². The zero-order valence-electron chi connectivity index (χ0n) is 9.55. The first-order valence-corrected chi connectivity index (χ1v) is 5.68. The normalized spacial score (nSPS) is 10.2. The molecule has 0 aliphatic rings. The van der Waals surface area contributed by atoms with Gasteiger partial charge in [-0.1, -0.05) is 6.92 Å². The largest absolute Gasteiger partial charge is 0.357 e. The minimum Gasteiger partial charge on any atom is -0.357 e. The Kier molecular flexibility index (Phi) is 5.81. The lowest BCUT2D eigenvalue weighted by molar-refractivity contribution is 0.687. The molecule has 90 valence electrons. The van der Waals surface area contributed by atoms with E-state index in [1.165, 1.54) is 0 Å². The van der Waals surface area contributed by atoms with Crippen LogP contribution in [0.4, 0.5) is 11.9 Å². The molecular weight excluding hydrogens is 228 g/mol. The van der Waals surface area contributed by atoms with Crippen molar-refractivity contribution in [3.63, 3.8) is 0 Å². The maximum Gasteiger partial charge on any atom is 0.228 e. The van der Waals surface area contributed by atoms with E-state index in [0.717, 1.165) is 26.1 Å². The average molecular weight is 245 g/mol. The molecule has 7 heteroatoms. The molecule has 0 saturated carbocycles. The van der Waals surface area contributed by atoms with E-state index in [1.54, 1.807) is 7.05 Å². The minimum absolute atomic E-state index is 0.188. The van der Waals surface area contributed by atoms with Crippen LogP contribution in [0.1, 0.15) is 13.3 Å². The van der Waals surface area contributed by atoms with E-state index >= 15 is 0 Å². The first-order chi connectivity index (χ1) is 7.76. The summed E-state index contributed by atoms with van der Waals surface area (Å²) in [5.74, 6) is 0.968. The fourth-order valence-corrected chi connectivity index (χ4v) is 1.29. The Morgan fingerprint density at radius 2 is 1.88 bits per heavy atom. The van der Waals surface area contributed by atoms with Crippen LogP contribution in [0.15, 0.2) is 0 Å². The molecule has 16 heavy (non-hydrogen) atoms. The predicted molar refractivity (Wildman–Crippen MR) is 66.0 cm³/mol. The minimum atomic E-state index is 0.188. The molecule has 0 aliphatic carbocycles. The van der Waals surface area contributed by atoms with E-state index < -0.39 is 0 Å². The predicted octanol–water partition coefficient (Wildman–Crippen LogP) is 0.978. The van der Waals surface area contributed by atoms with Gasteiger partial charge in [-0.15, -0.1) is 0 Å². The molecule has 0 saturated heterocycles. The molecule has 1 heterocycles. The SMILES string of the molecule is CCNCCCNc1nc(Cl)nc(NC)n1. The Morgan fingerprint density at radius 1 is 1.12 bits per heavy atom. The summed E-state index contributed by atoms with van der Waals surface area (Å²) >= 11 is 5.74. The van der Waals surface area contributed by atoms with Gasteiger partial charge in [-0.25, -0.2) is 0 Å². The number of hydrogen-bond donors (Lipinski definition) is 3. The molecule has 0 fully saturated rings. The Bertz CT molecular complexity index is 319. The second kappa shape index (κ2) is 7.19. The zero-order chi connectivity index (χ0) is 11.8. The Balaban J connectivity index is 2.38. The highest BCUT2D eigenvalue weighted by Gasteiger charge is 2.02. The van der Waals surface area contributed by atoms with Crippen molar-refractivity contribution in [2.45, 2.75) is 13.3 Å². The van der Waals surface area contributed by atoms with Crippen molar-refractivity contribution in [1.82, 2.24) is 20.3 Å². The second-order valence-electron chi connectivity index (χ2n) is 3.14. The maximum absolute atomic E-state index is 5.74. The summed E-state index contributed by atoms with van der Waals surface area (Å²) in [7, 11) is 1.74. The summed E-state index contributed by atoms with van der Waals surface area (Å²) < 4.78 is 0. The van der Waals surface area contributed by atoms with Gasteiger partial charge in [-0.2, -0.15) is 15.0 Å². The molecule has 1 aromatic rings. The lowest BCUT2D eigenvalue weighted by atomic mass is 10.4. The highest BCUT2D eigenvalue weighted by Crippen LogP contribution is 2.08. The van der Waals surface area contributed by atoms with E-state index in [0.29, 0.717) is 11.9 Å². The fourth-order valence-electron chi connectivity index (χ4n) is 1.13. The summed E-state index contributed by atoms with van der Waals surface area (Å²) in [6.45, 7) is 4.84. The van der Waals surface area contributed by atoms with Crippen LogP contribution in [0, 0.1) is 0 Å². The zero-order valence-corrected chi connectivity index (χ0v) is 10.3. The summed E-state index contributed by atoms with van der Waals surface area (Å²) in [6.07, 6.45) is 1.01. The smallest absolute Gasteiger partial charge is 0.228 e. The molecule has 0 aliphatic heterocycles. The van der Waals surface area contributed by atoms with Gasteiger partial charge < -0.3 is 16.0 Å². The van der Waals surface area contributed by atoms with Crippen LogP contribution in [-0.4, -0.2) is 41.6 Å². The number of nitrogens with one attached hydrogen (secondary N) is 3. The Labute approximate surface area is 100 Å².